The average Bonchev–Trinajstić information content (AvgIpc) is 3.31. The number of rotatable bonds is 12. The van der Waals surface area contributed by atoms with Crippen molar-refractivity contribution in [2.75, 3.05) is 6.54 Å². The van der Waals surface area contributed by atoms with E-state index in [-0.39, 0.29) is 42.4 Å². The highest BCUT2D eigenvalue weighted by Crippen LogP contribution is 2.26. The molecule has 0 spiro atoms. The van der Waals surface area contributed by atoms with Crippen molar-refractivity contribution in [2.45, 2.75) is 59.0 Å². The molecule has 222 valence electrons. The van der Waals surface area contributed by atoms with E-state index >= 15 is 0 Å². The van der Waals surface area contributed by atoms with Crippen LogP contribution in [-0.4, -0.2) is 38.6 Å². The summed E-state index contributed by atoms with van der Waals surface area (Å²) in [6, 6.07) is 14.3. The number of ether oxygens (including phenoxy) is 2. The Kier molecular flexibility index (Phi) is 9.74. The number of benzene rings is 2. The smallest absolute Gasteiger partial charge is 0.407 e. The zero-order chi connectivity index (χ0) is 30.3. The third-order valence-electron chi connectivity index (χ3n) is 6.81. The molecular weight excluding hydrogens is 546 g/mol. The van der Waals surface area contributed by atoms with Gasteiger partial charge in [0.2, 0.25) is 0 Å². The zero-order valence-corrected chi connectivity index (χ0v) is 23.7. The predicted molar refractivity (Wildman–Crippen MR) is 152 cm³/mol. The van der Waals surface area contributed by atoms with Crippen LogP contribution < -0.4 is 15.4 Å². The van der Waals surface area contributed by atoms with Crippen molar-refractivity contribution >= 4 is 17.6 Å². The number of nitrogens with one attached hydrogen (secondary N) is 2. The van der Waals surface area contributed by atoms with Gasteiger partial charge in [0.1, 0.15) is 30.5 Å². The number of carbonyl (C=O) groups is 2. The summed E-state index contributed by atoms with van der Waals surface area (Å²) in [6.07, 6.45) is 2.25. The zero-order valence-electron chi connectivity index (χ0n) is 23.7. The maximum atomic E-state index is 14.2. The summed E-state index contributed by atoms with van der Waals surface area (Å²) < 4.78 is 40.9. The molecule has 0 bridgehead atoms. The fourth-order valence-corrected chi connectivity index (χ4v) is 4.68. The molecule has 42 heavy (non-hydrogen) atoms. The minimum atomic E-state index is -0.805. The van der Waals surface area contributed by atoms with Crippen LogP contribution in [-0.2, 0) is 24.6 Å². The first-order valence-corrected chi connectivity index (χ1v) is 13.6. The van der Waals surface area contributed by atoms with Gasteiger partial charge in [0.05, 0.1) is 23.4 Å². The summed E-state index contributed by atoms with van der Waals surface area (Å²) in [5, 5.41) is 15.6. The summed E-state index contributed by atoms with van der Waals surface area (Å²) in [5.41, 5.74) is 0.995. The van der Waals surface area contributed by atoms with Crippen LogP contribution in [0.5, 0.6) is 5.75 Å². The van der Waals surface area contributed by atoms with Crippen molar-refractivity contribution in [3.63, 3.8) is 0 Å². The fourth-order valence-electron chi connectivity index (χ4n) is 4.68. The standard InChI is InChI=1S/C31H34F2N4O5/c1-4-13-31(3,36-30(40)42-17-21-9-6-5-7-10-21)19-34-29(39)27-20(2)35-28-26(14-22(16-38)15-37(27)28)41-18-23-24(32)11-8-12-25(23)33/h5-12,14-15,38H,4,13,16-19H2,1-3H3,(H,34,39)(H,36,40). The normalized spacial score (nSPS) is 12.5. The highest BCUT2D eigenvalue weighted by atomic mass is 19.1. The molecule has 0 aliphatic heterocycles. The highest BCUT2D eigenvalue weighted by molar-refractivity contribution is 5.95. The molecule has 0 radical (unpaired) electrons. The molecule has 2 aromatic heterocycles. The number of aromatic nitrogens is 2. The van der Waals surface area contributed by atoms with Crippen LogP contribution in [0.15, 0.2) is 60.8 Å². The summed E-state index contributed by atoms with van der Waals surface area (Å²) in [6.45, 7) is 4.85. The molecule has 1 unspecified atom stereocenters. The SMILES string of the molecule is CCCC(C)(CNC(=O)c1c(C)nc2c(OCc3c(F)cccc3F)cc(CO)cn12)NC(=O)OCc1ccccc1. The van der Waals surface area contributed by atoms with E-state index in [1.807, 2.05) is 44.2 Å². The number of fused-ring (bicyclic) bond motifs is 1. The molecule has 0 aliphatic rings. The number of aliphatic hydroxyl groups excluding tert-OH is 1. The number of imidazole rings is 1. The molecule has 2 amide bonds. The van der Waals surface area contributed by atoms with Gasteiger partial charge < -0.3 is 25.2 Å². The van der Waals surface area contributed by atoms with E-state index < -0.39 is 35.8 Å². The Labute approximate surface area is 242 Å². The van der Waals surface area contributed by atoms with Crippen molar-refractivity contribution in [1.82, 2.24) is 20.0 Å². The lowest BCUT2D eigenvalue weighted by Crippen LogP contribution is -2.53. The van der Waals surface area contributed by atoms with Gasteiger partial charge in [-0.25, -0.2) is 18.6 Å². The first-order chi connectivity index (χ1) is 20.1. The molecular formula is C31H34F2N4O5. The van der Waals surface area contributed by atoms with E-state index in [4.69, 9.17) is 9.47 Å². The second-order valence-corrected chi connectivity index (χ2v) is 10.3. The first-order valence-electron chi connectivity index (χ1n) is 13.6. The van der Waals surface area contributed by atoms with Crippen LogP contribution in [0.3, 0.4) is 0 Å². The number of hydrogen-bond donors (Lipinski definition) is 3. The van der Waals surface area contributed by atoms with Gasteiger partial charge in [0.15, 0.2) is 11.4 Å². The lowest BCUT2D eigenvalue weighted by Gasteiger charge is -2.30. The first kappa shape index (κ1) is 30.4. The largest absolute Gasteiger partial charge is 0.485 e. The van der Waals surface area contributed by atoms with E-state index in [9.17, 15) is 23.5 Å². The van der Waals surface area contributed by atoms with Crippen LogP contribution in [0.2, 0.25) is 0 Å². The van der Waals surface area contributed by atoms with Gasteiger partial charge in [0, 0.05) is 12.7 Å². The molecule has 4 rings (SSSR count). The van der Waals surface area contributed by atoms with Crippen molar-refractivity contribution < 1.29 is 33.0 Å². The molecule has 4 aromatic rings. The maximum Gasteiger partial charge on any atom is 0.407 e. The summed E-state index contributed by atoms with van der Waals surface area (Å²) >= 11 is 0. The van der Waals surface area contributed by atoms with Crippen molar-refractivity contribution in [2.24, 2.45) is 0 Å². The molecule has 0 saturated heterocycles. The minimum Gasteiger partial charge on any atom is -0.485 e. The number of amides is 2. The Morgan fingerprint density at radius 1 is 1.05 bits per heavy atom. The van der Waals surface area contributed by atoms with Crippen molar-refractivity contribution in [1.29, 1.82) is 0 Å². The summed E-state index contributed by atoms with van der Waals surface area (Å²) in [5.74, 6) is -1.83. The fraction of sp³-hybridized carbons (Fsp3) is 0.323. The van der Waals surface area contributed by atoms with E-state index in [0.717, 1.165) is 24.1 Å². The quantitative estimate of drug-likeness (QED) is 0.212. The van der Waals surface area contributed by atoms with Crippen molar-refractivity contribution in [3.05, 3.63) is 101 Å². The van der Waals surface area contributed by atoms with Crippen LogP contribution in [0.1, 0.15) is 59.6 Å². The number of carbonyl (C=O) groups excluding carboxylic acids is 2. The lowest BCUT2D eigenvalue weighted by atomic mass is 9.96. The van der Waals surface area contributed by atoms with Gasteiger partial charge >= 0.3 is 6.09 Å². The van der Waals surface area contributed by atoms with Crippen LogP contribution in [0.4, 0.5) is 13.6 Å². The number of halogens is 2. The Morgan fingerprint density at radius 3 is 2.43 bits per heavy atom. The summed E-state index contributed by atoms with van der Waals surface area (Å²) in [4.78, 5) is 30.5. The predicted octanol–water partition coefficient (Wildman–Crippen LogP) is 5.21. The minimum absolute atomic E-state index is 0.0996. The third kappa shape index (κ3) is 7.22. The number of pyridine rings is 1. The second-order valence-electron chi connectivity index (χ2n) is 10.3. The number of aryl methyl sites for hydroxylation is 1. The topological polar surface area (TPSA) is 114 Å². The van der Waals surface area contributed by atoms with Gasteiger partial charge in [-0.2, -0.15) is 0 Å². The van der Waals surface area contributed by atoms with Crippen LogP contribution >= 0.6 is 0 Å². The Balaban J connectivity index is 1.51. The van der Waals surface area contributed by atoms with Crippen molar-refractivity contribution in [3.8, 4) is 5.75 Å². The molecule has 1 atom stereocenters. The van der Waals surface area contributed by atoms with E-state index in [1.54, 1.807) is 13.1 Å². The Hall–Kier alpha value is -4.51. The number of hydrogen-bond acceptors (Lipinski definition) is 6. The number of aliphatic hydroxyl groups is 1. The van der Waals surface area contributed by atoms with Crippen LogP contribution in [0, 0.1) is 18.6 Å². The highest BCUT2D eigenvalue weighted by Gasteiger charge is 2.29. The number of alkyl carbamates (subject to hydrolysis) is 1. The number of nitrogens with zero attached hydrogens (tertiary/aromatic N) is 2. The molecule has 9 nitrogen and oxygen atoms in total. The van der Waals surface area contributed by atoms with Gasteiger partial charge in [-0.15, -0.1) is 0 Å². The molecule has 11 heteroatoms. The summed E-state index contributed by atoms with van der Waals surface area (Å²) in [7, 11) is 0. The Bertz CT molecular complexity index is 1540. The van der Waals surface area contributed by atoms with E-state index in [0.29, 0.717) is 17.7 Å². The molecule has 3 N–H and O–H groups in total. The maximum absolute atomic E-state index is 14.2. The molecule has 2 aromatic carbocycles. The average molecular weight is 581 g/mol. The molecule has 2 heterocycles. The van der Waals surface area contributed by atoms with Gasteiger partial charge in [-0.3, -0.25) is 9.20 Å². The van der Waals surface area contributed by atoms with E-state index in [2.05, 4.69) is 15.6 Å². The lowest BCUT2D eigenvalue weighted by molar-refractivity contribution is 0.0921. The Morgan fingerprint density at radius 2 is 1.76 bits per heavy atom. The van der Waals surface area contributed by atoms with Gasteiger partial charge in [-0.1, -0.05) is 49.7 Å². The molecule has 0 aliphatic carbocycles. The second kappa shape index (κ2) is 13.4. The van der Waals surface area contributed by atoms with Gasteiger partial charge in [0.25, 0.3) is 5.91 Å². The third-order valence-corrected chi connectivity index (χ3v) is 6.81. The molecule has 0 fully saturated rings. The van der Waals surface area contributed by atoms with E-state index in [1.165, 1.54) is 16.5 Å². The monoisotopic (exact) mass is 580 g/mol. The van der Waals surface area contributed by atoms with Crippen LogP contribution in [0.25, 0.3) is 5.65 Å². The molecule has 0 saturated carbocycles. The van der Waals surface area contributed by atoms with Gasteiger partial charge in [-0.05, 0) is 49.6 Å².